The molecule has 0 fully saturated rings. The molecule has 3 aromatic rings. The van der Waals surface area contributed by atoms with E-state index in [1.165, 1.54) is 29.2 Å². The third kappa shape index (κ3) is 6.77. The number of amides is 1. The zero-order valence-corrected chi connectivity index (χ0v) is 21.3. The van der Waals surface area contributed by atoms with Crippen molar-refractivity contribution in [3.05, 3.63) is 77.1 Å². The van der Waals surface area contributed by atoms with E-state index in [9.17, 15) is 23.8 Å². The molecule has 2 atom stereocenters. The van der Waals surface area contributed by atoms with Crippen LogP contribution in [0.3, 0.4) is 0 Å². The first kappa shape index (κ1) is 27.5. The molecule has 36 heavy (non-hydrogen) atoms. The number of aromatic nitrogens is 2. The Balaban J connectivity index is 1.98. The molecule has 0 aliphatic heterocycles. The minimum absolute atomic E-state index is 0.0664. The Morgan fingerprint density at radius 3 is 2.14 bits per heavy atom. The van der Waals surface area contributed by atoms with Crippen molar-refractivity contribution in [1.29, 1.82) is 0 Å². The molecule has 2 N–H and O–H groups in total. The largest absolute Gasteiger partial charge is 0.393 e. The molecule has 0 saturated heterocycles. The number of benzene rings is 2. The van der Waals surface area contributed by atoms with Crippen LogP contribution < -0.4 is 0 Å². The summed E-state index contributed by atoms with van der Waals surface area (Å²) in [6.45, 7) is 6.45. The molecule has 2 unspecified atom stereocenters. The smallest absolute Gasteiger partial charge is 0.274 e. The summed E-state index contributed by atoms with van der Waals surface area (Å²) in [7, 11) is 1.67. The van der Waals surface area contributed by atoms with Gasteiger partial charge >= 0.3 is 0 Å². The van der Waals surface area contributed by atoms with Crippen LogP contribution in [0.25, 0.3) is 11.4 Å². The van der Waals surface area contributed by atoms with Crippen molar-refractivity contribution >= 4 is 5.91 Å². The molecule has 6 nitrogen and oxygen atoms in total. The highest BCUT2D eigenvalue weighted by atomic mass is 19.1. The van der Waals surface area contributed by atoms with E-state index < -0.39 is 12.2 Å². The fraction of sp³-hybridized carbons (Fsp3) is 0.429. The lowest BCUT2D eigenvalue weighted by molar-refractivity contribution is 0.0711. The highest BCUT2D eigenvalue weighted by Crippen LogP contribution is 2.30. The monoisotopic (exact) mass is 499 g/mol. The second-order valence-electron chi connectivity index (χ2n) is 9.51. The number of hydrogen-bond donors (Lipinski definition) is 2. The minimum atomic E-state index is -0.719. The summed E-state index contributed by atoms with van der Waals surface area (Å²) in [6.07, 6.45) is -0.121. The van der Waals surface area contributed by atoms with E-state index in [1.54, 1.807) is 31.3 Å². The minimum Gasteiger partial charge on any atom is -0.393 e. The summed E-state index contributed by atoms with van der Waals surface area (Å²) in [5.41, 5.74) is 2.45. The number of nitrogens with zero attached hydrogens (tertiary/aromatic N) is 3. The van der Waals surface area contributed by atoms with Gasteiger partial charge in [0.15, 0.2) is 5.69 Å². The molecular formula is C28H35F2N3O3. The van der Waals surface area contributed by atoms with Crippen molar-refractivity contribution in [1.82, 2.24) is 14.5 Å². The van der Waals surface area contributed by atoms with Crippen LogP contribution in [0.5, 0.6) is 0 Å². The lowest BCUT2D eigenvalue weighted by atomic mass is 10.0. The molecule has 0 bridgehead atoms. The Hall–Kier alpha value is -3.10. The van der Waals surface area contributed by atoms with Crippen molar-refractivity contribution in [2.75, 3.05) is 7.05 Å². The van der Waals surface area contributed by atoms with Crippen molar-refractivity contribution in [3.8, 4) is 11.4 Å². The van der Waals surface area contributed by atoms with Crippen LogP contribution in [0.4, 0.5) is 8.78 Å². The number of carbonyl (C=O) groups is 1. The number of aliphatic hydroxyl groups is 2. The van der Waals surface area contributed by atoms with Gasteiger partial charge in [-0.25, -0.2) is 13.8 Å². The highest BCUT2D eigenvalue weighted by Gasteiger charge is 2.27. The summed E-state index contributed by atoms with van der Waals surface area (Å²) >= 11 is 0. The molecule has 3 rings (SSSR count). The Labute approximate surface area is 211 Å². The molecule has 0 radical (unpaired) electrons. The van der Waals surface area contributed by atoms with E-state index >= 15 is 0 Å². The predicted molar refractivity (Wildman–Crippen MR) is 135 cm³/mol. The summed E-state index contributed by atoms with van der Waals surface area (Å²) in [5.74, 6) is -0.554. The molecule has 1 heterocycles. The van der Waals surface area contributed by atoms with Crippen LogP contribution in [0.1, 0.15) is 67.7 Å². The molecule has 1 amide bonds. The van der Waals surface area contributed by atoms with Crippen molar-refractivity contribution in [2.24, 2.45) is 0 Å². The number of hydrogen-bond acceptors (Lipinski definition) is 4. The van der Waals surface area contributed by atoms with Gasteiger partial charge in [-0.15, -0.1) is 0 Å². The zero-order chi connectivity index (χ0) is 26.4. The topological polar surface area (TPSA) is 78.6 Å². The number of carbonyl (C=O) groups excluding carboxylic acids is 1. The van der Waals surface area contributed by atoms with E-state index in [1.807, 2.05) is 25.3 Å². The summed E-state index contributed by atoms with van der Waals surface area (Å²) in [6, 6.07) is 11.9. The molecular weight excluding hydrogens is 464 g/mol. The number of halogens is 2. The maximum absolute atomic E-state index is 13.6. The van der Waals surface area contributed by atoms with Crippen molar-refractivity contribution in [3.63, 3.8) is 0 Å². The maximum atomic E-state index is 13.6. The number of imidazole rings is 1. The van der Waals surface area contributed by atoms with Crippen molar-refractivity contribution in [2.45, 2.75) is 71.2 Å². The van der Waals surface area contributed by atoms with E-state index in [-0.39, 0.29) is 42.1 Å². The summed E-state index contributed by atoms with van der Waals surface area (Å²) in [4.78, 5) is 19.8. The first-order chi connectivity index (χ1) is 17.1. The van der Waals surface area contributed by atoms with Gasteiger partial charge in [-0.1, -0.05) is 32.9 Å². The van der Waals surface area contributed by atoms with Crippen LogP contribution in [-0.4, -0.2) is 49.8 Å². The van der Waals surface area contributed by atoms with Crippen LogP contribution in [-0.2, 0) is 13.1 Å². The average molecular weight is 500 g/mol. The lowest BCUT2D eigenvalue weighted by Gasteiger charge is -2.20. The van der Waals surface area contributed by atoms with E-state index in [4.69, 9.17) is 4.98 Å². The Morgan fingerprint density at radius 2 is 1.58 bits per heavy atom. The Bertz CT molecular complexity index is 1140. The molecule has 8 heteroatoms. The van der Waals surface area contributed by atoms with E-state index in [0.717, 1.165) is 5.56 Å². The molecule has 2 aromatic carbocycles. The number of aliphatic hydroxyl groups excluding tert-OH is 2. The second-order valence-corrected chi connectivity index (χ2v) is 9.51. The van der Waals surface area contributed by atoms with Crippen LogP contribution in [0.15, 0.2) is 48.5 Å². The first-order valence-electron chi connectivity index (χ1n) is 12.3. The zero-order valence-electron chi connectivity index (χ0n) is 21.3. The molecule has 0 aliphatic carbocycles. The predicted octanol–water partition coefficient (Wildman–Crippen LogP) is 5.14. The normalized spacial score (nSPS) is 13.1. The quantitative estimate of drug-likeness (QED) is 0.383. The molecule has 1 aromatic heterocycles. The maximum Gasteiger partial charge on any atom is 0.274 e. The molecule has 0 aliphatic rings. The second kappa shape index (κ2) is 12.2. The first-order valence-corrected chi connectivity index (χ1v) is 12.3. The molecule has 0 saturated carbocycles. The van der Waals surface area contributed by atoms with E-state index in [0.29, 0.717) is 36.5 Å². The SMILES string of the molecule is CCC(O)CC(O)CCn1c(-c2ccc(F)cc2)nc(C(=O)N(C)Cc2ccc(F)cc2)c1C(C)C. The van der Waals surface area contributed by atoms with Gasteiger partial charge in [0, 0.05) is 25.7 Å². The third-order valence-corrected chi connectivity index (χ3v) is 6.24. The fourth-order valence-corrected chi connectivity index (χ4v) is 4.25. The van der Waals surface area contributed by atoms with Crippen molar-refractivity contribution < 1.29 is 23.8 Å². The molecule has 194 valence electrons. The van der Waals surface area contributed by atoms with E-state index in [2.05, 4.69) is 0 Å². The van der Waals surface area contributed by atoms with Gasteiger partial charge < -0.3 is 19.7 Å². The lowest BCUT2D eigenvalue weighted by Crippen LogP contribution is -2.28. The van der Waals surface area contributed by atoms with Gasteiger partial charge in [0.1, 0.15) is 17.5 Å². The standard InChI is InChI=1S/C28H35F2N3O3/c1-5-23(34)16-24(35)14-15-33-26(18(2)3)25(31-27(33)20-8-12-22(30)13-9-20)28(36)32(4)17-19-6-10-21(29)11-7-19/h6-13,18,23-24,34-35H,5,14-17H2,1-4H3. The van der Waals surface area contributed by atoms with Gasteiger partial charge in [0.2, 0.25) is 0 Å². The summed E-state index contributed by atoms with van der Waals surface area (Å²) < 4.78 is 28.8. The van der Waals surface area contributed by atoms with Gasteiger partial charge in [-0.2, -0.15) is 0 Å². The number of rotatable bonds is 11. The fourth-order valence-electron chi connectivity index (χ4n) is 4.25. The Kier molecular flexibility index (Phi) is 9.34. The highest BCUT2D eigenvalue weighted by molar-refractivity contribution is 5.94. The van der Waals surface area contributed by atoms with Crippen LogP contribution in [0, 0.1) is 11.6 Å². The van der Waals surface area contributed by atoms with Crippen LogP contribution >= 0.6 is 0 Å². The van der Waals surface area contributed by atoms with Crippen LogP contribution in [0.2, 0.25) is 0 Å². The van der Waals surface area contributed by atoms with Gasteiger partial charge in [0.05, 0.1) is 17.9 Å². The summed E-state index contributed by atoms with van der Waals surface area (Å²) in [5, 5.41) is 20.4. The average Bonchev–Trinajstić information content (AvgIpc) is 3.23. The molecule has 0 spiro atoms. The van der Waals surface area contributed by atoms with Gasteiger partial charge in [-0.05, 0) is 67.1 Å². The van der Waals surface area contributed by atoms with Gasteiger partial charge in [0.25, 0.3) is 5.91 Å². The Morgan fingerprint density at radius 1 is 1.00 bits per heavy atom. The third-order valence-electron chi connectivity index (χ3n) is 6.24. The van der Waals surface area contributed by atoms with Gasteiger partial charge in [-0.3, -0.25) is 4.79 Å².